The van der Waals surface area contributed by atoms with Gasteiger partial charge in [0.2, 0.25) is 5.91 Å². The van der Waals surface area contributed by atoms with Crippen molar-refractivity contribution in [1.29, 1.82) is 0 Å². The van der Waals surface area contributed by atoms with Crippen molar-refractivity contribution >= 4 is 44.1 Å². The Labute approximate surface area is 131 Å². The number of rotatable bonds is 4. The van der Waals surface area contributed by atoms with Crippen molar-refractivity contribution in [3.63, 3.8) is 0 Å². The van der Waals surface area contributed by atoms with E-state index in [0.717, 1.165) is 31.2 Å². The van der Waals surface area contributed by atoms with Gasteiger partial charge in [0.15, 0.2) is 0 Å². The summed E-state index contributed by atoms with van der Waals surface area (Å²) in [6.07, 6.45) is 4.09. The quantitative estimate of drug-likeness (QED) is 0.660. The Balaban J connectivity index is 2.36. The van der Waals surface area contributed by atoms with Crippen molar-refractivity contribution in [1.82, 2.24) is 0 Å². The Morgan fingerprint density at radius 1 is 1.40 bits per heavy atom. The van der Waals surface area contributed by atoms with E-state index in [4.69, 9.17) is 4.74 Å². The zero-order valence-electron chi connectivity index (χ0n) is 11.6. The molecule has 1 aliphatic carbocycles. The van der Waals surface area contributed by atoms with Crippen LogP contribution in [0.2, 0.25) is 0 Å². The number of esters is 1. The molecule has 0 aromatic carbocycles. The number of hydrogen-bond acceptors (Lipinski definition) is 4. The second-order valence-corrected chi connectivity index (χ2v) is 7.22. The highest BCUT2D eigenvalue weighted by atomic mass is 79.9. The molecule has 0 bridgehead atoms. The predicted octanol–water partition coefficient (Wildman–Crippen LogP) is 3.53. The summed E-state index contributed by atoms with van der Waals surface area (Å²) in [6.45, 7) is 3.88. The summed E-state index contributed by atoms with van der Waals surface area (Å²) in [5.74, 6) is -0.474. The summed E-state index contributed by atoms with van der Waals surface area (Å²) in [4.78, 5) is 24.9. The van der Waals surface area contributed by atoms with Crippen molar-refractivity contribution < 1.29 is 14.3 Å². The largest absolute Gasteiger partial charge is 0.462 e. The summed E-state index contributed by atoms with van der Waals surface area (Å²) in [5.41, 5.74) is 1.63. The van der Waals surface area contributed by atoms with E-state index in [-0.39, 0.29) is 16.7 Å². The number of fused-ring (bicyclic) bond motifs is 1. The molecule has 1 atom stereocenters. The zero-order valence-corrected chi connectivity index (χ0v) is 14.0. The van der Waals surface area contributed by atoms with Gasteiger partial charge in [-0.2, -0.15) is 0 Å². The number of carbonyl (C=O) groups is 2. The number of ether oxygens (including phenoxy) is 1. The molecule has 0 spiro atoms. The molecule has 1 aromatic rings. The van der Waals surface area contributed by atoms with Gasteiger partial charge in [-0.3, -0.25) is 4.79 Å². The fraction of sp³-hybridized carbons (Fsp3) is 0.571. The van der Waals surface area contributed by atoms with Crippen LogP contribution >= 0.6 is 27.3 Å². The molecule has 20 heavy (non-hydrogen) atoms. The summed E-state index contributed by atoms with van der Waals surface area (Å²) < 4.78 is 5.14. The molecule has 1 amide bonds. The molecule has 0 fully saturated rings. The molecule has 1 N–H and O–H groups in total. The molecule has 2 rings (SSSR count). The number of anilines is 1. The topological polar surface area (TPSA) is 55.4 Å². The molecule has 0 unspecified atom stereocenters. The van der Waals surface area contributed by atoms with Crippen LogP contribution in [0.5, 0.6) is 0 Å². The highest BCUT2D eigenvalue weighted by Gasteiger charge is 2.27. The van der Waals surface area contributed by atoms with Crippen molar-refractivity contribution in [2.75, 3.05) is 11.9 Å². The molecule has 6 heteroatoms. The van der Waals surface area contributed by atoms with E-state index in [1.54, 1.807) is 13.8 Å². The number of alkyl halides is 1. The maximum atomic E-state index is 12.2. The van der Waals surface area contributed by atoms with Gasteiger partial charge in [0.05, 0.1) is 17.0 Å². The van der Waals surface area contributed by atoms with Gasteiger partial charge in [0.1, 0.15) is 5.00 Å². The Morgan fingerprint density at radius 2 is 2.10 bits per heavy atom. The second-order valence-electron chi connectivity index (χ2n) is 4.74. The van der Waals surface area contributed by atoms with Crippen LogP contribution in [-0.2, 0) is 22.4 Å². The Bertz CT molecular complexity index is 525. The number of thiophene rings is 1. The monoisotopic (exact) mass is 359 g/mol. The maximum absolute atomic E-state index is 12.2. The molecule has 1 aromatic heterocycles. The lowest BCUT2D eigenvalue weighted by atomic mass is 9.95. The van der Waals surface area contributed by atoms with Gasteiger partial charge in [-0.1, -0.05) is 15.9 Å². The summed E-state index contributed by atoms with van der Waals surface area (Å²) >= 11 is 4.75. The first-order valence-electron chi connectivity index (χ1n) is 6.81. The van der Waals surface area contributed by atoms with Gasteiger partial charge in [-0.15, -0.1) is 11.3 Å². The summed E-state index contributed by atoms with van der Waals surface area (Å²) in [6, 6.07) is 0. The first-order chi connectivity index (χ1) is 9.54. The number of aryl methyl sites for hydroxylation is 1. The fourth-order valence-electron chi connectivity index (χ4n) is 2.28. The van der Waals surface area contributed by atoms with Crippen molar-refractivity contribution in [2.24, 2.45) is 0 Å². The molecule has 0 saturated heterocycles. The lowest BCUT2D eigenvalue weighted by Crippen LogP contribution is -2.21. The highest BCUT2D eigenvalue weighted by Crippen LogP contribution is 2.38. The Morgan fingerprint density at radius 3 is 2.75 bits per heavy atom. The molecule has 110 valence electrons. The second kappa shape index (κ2) is 6.72. The molecule has 1 heterocycles. The third kappa shape index (κ3) is 3.23. The number of carbonyl (C=O) groups excluding carboxylic acids is 2. The standard InChI is InChI=1S/C14H18BrNO3S/c1-3-19-14(18)11-9-6-4-5-7-10(9)20-13(11)16-12(17)8(2)15/h8H,3-7H2,1-2H3,(H,16,17)/t8-/m0/s1. The van der Waals surface area contributed by atoms with Gasteiger partial charge >= 0.3 is 5.97 Å². The van der Waals surface area contributed by atoms with Crippen LogP contribution in [0.4, 0.5) is 5.00 Å². The number of hydrogen-bond donors (Lipinski definition) is 1. The van der Waals surface area contributed by atoms with Crippen molar-refractivity contribution in [2.45, 2.75) is 44.4 Å². The Kier molecular flexibility index (Phi) is 5.21. The van der Waals surface area contributed by atoms with E-state index in [9.17, 15) is 9.59 Å². The van der Waals surface area contributed by atoms with Crippen molar-refractivity contribution in [3.8, 4) is 0 Å². The molecule has 1 aliphatic rings. The first-order valence-corrected chi connectivity index (χ1v) is 8.54. The fourth-order valence-corrected chi connectivity index (χ4v) is 3.68. The molecule has 0 saturated carbocycles. The van der Waals surface area contributed by atoms with Crippen LogP contribution in [-0.4, -0.2) is 23.3 Å². The lowest BCUT2D eigenvalue weighted by Gasteiger charge is -2.12. The molecule has 0 radical (unpaired) electrons. The highest BCUT2D eigenvalue weighted by molar-refractivity contribution is 9.10. The van der Waals surface area contributed by atoms with Gasteiger partial charge < -0.3 is 10.1 Å². The minimum atomic E-state index is -0.329. The number of nitrogens with one attached hydrogen (secondary N) is 1. The average Bonchev–Trinajstić information content (AvgIpc) is 2.76. The van der Waals surface area contributed by atoms with Crippen LogP contribution in [0.15, 0.2) is 0 Å². The van der Waals surface area contributed by atoms with Gasteiger partial charge in [-0.05, 0) is 45.1 Å². The maximum Gasteiger partial charge on any atom is 0.341 e. The van der Waals surface area contributed by atoms with Gasteiger partial charge in [-0.25, -0.2) is 4.79 Å². The first kappa shape index (κ1) is 15.5. The number of halogens is 1. The molecular weight excluding hydrogens is 342 g/mol. The molecular formula is C14H18BrNO3S. The predicted molar refractivity (Wildman–Crippen MR) is 83.9 cm³/mol. The minimum absolute atomic E-state index is 0.144. The van der Waals surface area contributed by atoms with Gasteiger partial charge in [0.25, 0.3) is 0 Å². The van der Waals surface area contributed by atoms with Crippen LogP contribution in [0.1, 0.15) is 47.5 Å². The zero-order chi connectivity index (χ0) is 14.7. The Hall–Kier alpha value is -0.880. The van der Waals surface area contributed by atoms with E-state index in [1.807, 2.05) is 0 Å². The summed E-state index contributed by atoms with van der Waals surface area (Å²) in [5, 5.41) is 3.47. The normalized spacial score (nSPS) is 15.3. The van der Waals surface area contributed by atoms with E-state index in [0.29, 0.717) is 17.2 Å². The molecule has 0 aliphatic heterocycles. The van der Waals surface area contributed by atoms with Crippen LogP contribution in [0.25, 0.3) is 0 Å². The van der Waals surface area contributed by atoms with Crippen LogP contribution in [0, 0.1) is 0 Å². The molecule has 4 nitrogen and oxygen atoms in total. The average molecular weight is 360 g/mol. The van der Waals surface area contributed by atoms with Crippen molar-refractivity contribution in [3.05, 3.63) is 16.0 Å². The van der Waals surface area contributed by atoms with E-state index in [2.05, 4.69) is 21.2 Å². The smallest absolute Gasteiger partial charge is 0.341 e. The minimum Gasteiger partial charge on any atom is -0.462 e. The summed E-state index contributed by atoms with van der Waals surface area (Å²) in [7, 11) is 0. The lowest BCUT2D eigenvalue weighted by molar-refractivity contribution is -0.115. The van der Waals surface area contributed by atoms with E-state index >= 15 is 0 Å². The van der Waals surface area contributed by atoms with Crippen LogP contribution < -0.4 is 5.32 Å². The van der Waals surface area contributed by atoms with Crippen LogP contribution in [0.3, 0.4) is 0 Å². The third-order valence-corrected chi connectivity index (χ3v) is 4.87. The van der Waals surface area contributed by atoms with E-state index in [1.165, 1.54) is 16.2 Å². The third-order valence-electron chi connectivity index (χ3n) is 3.25. The SMILES string of the molecule is CCOC(=O)c1c(NC(=O)[C@H](C)Br)sc2c1CCCC2. The van der Waals surface area contributed by atoms with E-state index < -0.39 is 0 Å². The number of amides is 1. The van der Waals surface area contributed by atoms with Gasteiger partial charge in [0, 0.05) is 4.88 Å².